The average molecular weight is 356 g/mol. The molecule has 8 heteroatoms. The monoisotopic (exact) mass is 356 g/mol. The Morgan fingerprint density at radius 1 is 1.24 bits per heavy atom. The second kappa shape index (κ2) is 5.03. The minimum absolute atomic E-state index is 0.0942. The number of carbonyl (C=O) groups is 1. The highest BCUT2D eigenvalue weighted by Gasteiger charge is 2.71. The number of methoxy groups -OCH3 is 2. The van der Waals surface area contributed by atoms with Gasteiger partial charge < -0.3 is 14.8 Å². The van der Waals surface area contributed by atoms with Crippen LogP contribution in [0.15, 0.2) is 12.1 Å². The van der Waals surface area contributed by atoms with Gasteiger partial charge in [0.15, 0.2) is 5.66 Å². The summed E-state index contributed by atoms with van der Waals surface area (Å²) in [5.74, 6) is -0.0232. The molecule has 1 aliphatic heterocycles. The van der Waals surface area contributed by atoms with E-state index in [0.29, 0.717) is 17.2 Å². The van der Waals surface area contributed by atoms with Crippen LogP contribution in [0.4, 0.5) is 18.9 Å². The van der Waals surface area contributed by atoms with Crippen molar-refractivity contribution in [2.45, 2.75) is 37.6 Å². The van der Waals surface area contributed by atoms with Crippen molar-refractivity contribution in [2.75, 3.05) is 19.5 Å². The average Bonchev–Trinajstić information content (AvgIpc) is 2.48. The minimum atomic E-state index is -4.51. The lowest BCUT2D eigenvalue weighted by Gasteiger charge is -2.69. The number of carbonyl (C=O) groups excluding carboxylic acids is 1. The summed E-state index contributed by atoms with van der Waals surface area (Å²) in [5.41, 5.74) is -1.33. The smallest absolute Gasteiger partial charge is 0.419 e. The van der Waals surface area contributed by atoms with Crippen LogP contribution in [0.3, 0.4) is 0 Å². The molecular formula is C17H19F3N2O3. The fraction of sp³-hybridized carbons (Fsp3) is 0.588. The van der Waals surface area contributed by atoms with Crippen molar-refractivity contribution in [3.8, 4) is 5.75 Å². The molecule has 1 aromatic rings. The molecule has 0 saturated heterocycles. The Morgan fingerprint density at radius 2 is 1.92 bits per heavy atom. The van der Waals surface area contributed by atoms with Crippen molar-refractivity contribution >= 4 is 11.7 Å². The number of nitrogens with one attached hydrogen (secondary N) is 2. The summed E-state index contributed by atoms with van der Waals surface area (Å²) in [6.07, 6.45) is -1.77. The number of rotatable bonds is 3. The molecule has 2 N–H and O–H groups in total. The van der Waals surface area contributed by atoms with Crippen LogP contribution in [-0.2, 0) is 22.3 Å². The molecule has 1 atom stereocenters. The third kappa shape index (κ3) is 2.03. The Labute approximate surface area is 142 Å². The predicted octanol–water partition coefficient (Wildman–Crippen LogP) is 2.90. The first kappa shape index (κ1) is 16.5. The fourth-order valence-corrected chi connectivity index (χ4v) is 4.59. The van der Waals surface area contributed by atoms with Crippen LogP contribution in [-0.4, -0.2) is 25.9 Å². The third-order valence-electron chi connectivity index (χ3n) is 5.95. The number of hydrogen-bond acceptors (Lipinski definition) is 5. The van der Waals surface area contributed by atoms with Crippen molar-refractivity contribution in [3.63, 3.8) is 0 Å². The lowest BCUT2D eigenvalue weighted by molar-refractivity contribution is -0.194. The molecule has 2 bridgehead atoms. The molecule has 1 aromatic carbocycles. The first-order valence-corrected chi connectivity index (χ1v) is 8.15. The maximum atomic E-state index is 13.2. The van der Waals surface area contributed by atoms with Crippen LogP contribution in [0.2, 0.25) is 0 Å². The molecule has 5 rings (SSSR count). The van der Waals surface area contributed by atoms with E-state index < -0.39 is 23.4 Å². The summed E-state index contributed by atoms with van der Waals surface area (Å²) >= 11 is 0. The zero-order valence-electron chi connectivity index (χ0n) is 13.9. The van der Waals surface area contributed by atoms with Gasteiger partial charge in [0.2, 0.25) is 0 Å². The summed E-state index contributed by atoms with van der Waals surface area (Å²) in [5, 5.41) is 6.30. The van der Waals surface area contributed by atoms with E-state index in [-0.39, 0.29) is 17.7 Å². The van der Waals surface area contributed by atoms with Gasteiger partial charge in [-0.2, -0.15) is 13.2 Å². The van der Waals surface area contributed by atoms with Gasteiger partial charge in [0.05, 0.1) is 19.8 Å². The van der Waals surface area contributed by atoms with Crippen molar-refractivity contribution < 1.29 is 27.4 Å². The molecule has 1 unspecified atom stereocenters. The van der Waals surface area contributed by atoms with Crippen LogP contribution >= 0.6 is 0 Å². The molecule has 0 spiro atoms. The van der Waals surface area contributed by atoms with Crippen LogP contribution in [0.1, 0.15) is 30.4 Å². The molecule has 0 aromatic heterocycles. The van der Waals surface area contributed by atoms with Gasteiger partial charge in [-0.15, -0.1) is 0 Å². The van der Waals surface area contributed by atoms with Gasteiger partial charge in [0.25, 0.3) is 0 Å². The van der Waals surface area contributed by atoms with Gasteiger partial charge in [-0.05, 0) is 37.3 Å². The van der Waals surface area contributed by atoms with Crippen molar-refractivity contribution in [1.29, 1.82) is 0 Å². The number of alkyl halides is 3. The lowest BCUT2D eigenvalue weighted by atomic mass is 9.39. The maximum absolute atomic E-state index is 13.2. The predicted molar refractivity (Wildman–Crippen MR) is 83.0 cm³/mol. The molecule has 3 saturated carbocycles. The fourth-order valence-electron chi connectivity index (χ4n) is 4.59. The molecule has 0 amide bonds. The van der Waals surface area contributed by atoms with Crippen LogP contribution in [0, 0.1) is 11.3 Å². The van der Waals surface area contributed by atoms with E-state index in [0.717, 1.165) is 25.3 Å². The van der Waals surface area contributed by atoms with Gasteiger partial charge in [0, 0.05) is 23.2 Å². The van der Waals surface area contributed by atoms with Gasteiger partial charge in [-0.25, -0.2) is 4.79 Å². The summed E-state index contributed by atoms with van der Waals surface area (Å²) in [6.45, 7) is 0.0942. The van der Waals surface area contributed by atoms with Gasteiger partial charge in [-0.3, -0.25) is 5.32 Å². The Balaban J connectivity index is 1.77. The molecule has 1 heterocycles. The van der Waals surface area contributed by atoms with Crippen molar-refractivity contribution in [2.24, 2.45) is 11.3 Å². The highest BCUT2D eigenvalue weighted by Crippen LogP contribution is 2.70. The van der Waals surface area contributed by atoms with E-state index in [1.54, 1.807) is 0 Å². The molecule has 3 aliphatic carbocycles. The molecule has 3 fully saturated rings. The van der Waals surface area contributed by atoms with E-state index in [1.807, 2.05) is 0 Å². The normalized spacial score (nSPS) is 32.6. The molecule has 136 valence electrons. The highest BCUT2D eigenvalue weighted by atomic mass is 19.4. The van der Waals surface area contributed by atoms with Crippen molar-refractivity contribution in [1.82, 2.24) is 5.32 Å². The highest BCUT2D eigenvalue weighted by molar-refractivity contribution is 5.87. The number of ether oxygens (including phenoxy) is 2. The van der Waals surface area contributed by atoms with Gasteiger partial charge >= 0.3 is 12.1 Å². The zero-order chi connectivity index (χ0) is 18.0. The van der Waals surface area contributed by atoms with Crippen molar-refractivity contribution in [3.05, 3.63) is 23.3 Å². The Kier molecular flexibility index (Phi) is 3.32. The van der Waals surface area contributed by atoms with Gasteiger partial charge in [0.1, 0.15) is 5.75 Å². The number of benzene rings is 1. The van der Waals surface area contributed by atoms with Crippen LogP contribution in [0.5, 0.6) is 5.75 Å². The summed E-state index contributed by atoms with van der Waals surface area (Å²) in [6, 6.07) is 2.35. The molecule has 0 radical (unpaired) electrons. The second-order valence-corrected chi connectivity index (χ2v) is 7.15. The van der Waals surface area contributed by atoms with Gasteiger partial charge in [-0.1, -0.05) is 0 Å². The summed E-state index contributed by atoms with van der Waals surface area (Å²) in [7, 11) is 2.54. The Bertz CT molecular complexity index is 732. The van der Waals surface area contributed by atoms with E-state index in [2.05, 4.69) is 10.6 Å². The number of fused-ring (bicyclic) bond motifs is 1. The largest absolute Gasteiger partial charge is 0.496 e. The van der Waals surface area contributed by atoms with E-state index >= 15 is 0 Å². The summed E-state index contributed by atoms with van der Waals surface area (Å²) in [4.78, 5) is 12.6. The first-order valence-electron chi connectivity index (χ1n) is 8.15. The second-order valence-electron chi connectivity index (χ2n) is 7.15. The van der Waals surface area contributed by atoms with E-state index in [9.17, 15) is 18.0 Å². The number of anilines is 1. The topological polar surface area (TPSA) is 59.6 Å². The number of esters is 1. The molecule has 4 aliphatic rings. The molecule has 25 heavy (non-hydrogen) atoms. The Morgan fingerprint density at radius 3 is 2.40 bits per heavy atom. The van der Waals surface area contributed by atoms with E-state index in [1.165, 1.54) is 20.3 Å². The zero-order valence-corrected chi connectivity index (χ0v) is 13.9. The lowest BCUT2D eigenvalue weighted by Crippen LogP contribution is -2.78. The molecular weight excluding hydrogens is 337 g/mol. The standard InChI is InChI=1S/C17H19F3N2O3/c1-24-13-10-8-21-16(14(23)25-2,15-5-9(6-15)7-15)22-12(10)4-3-11(13)17(18,19)20/h3-4,9,21-22H,5-8H2,1-2H3. The quantitative estimate of drug-likeness (QED) is 0.816. The Hall–Kier alpha value is -1.96. The van der Waals surface area contributed by atoms with Crippen LogP contribution in [0.25, 0.3) is 0 Å². The first-order chi connectivity index (χ1) is 11.8. The summed E-state index contributed by atoms with van der Waals surface area (Å²) < 4.78 is 49.7. The SMILES string of the molecule is COC(=O)C1(C23CC(C2)C3)NCc2c(ccc(C(F)(F)F)c2OC)N1. The number of halogens is 3. The number of hydrogen-bond donors (Lipinski definition) is 2. The minimum Gasteiger partial charge on any atom is -0.496 e. The maximum Gasteiger partial charge on any atom is 0.419 e. The third-order valence-corrected chi connectivity index (χ3v) is 5.95. The van der Waals surface area contributed by atoms with Crippen LogP contribution < -0.4 is 15.4 Å². The molecule has 5 nitrogen and oxygen atoms in total. The van der Waals surface area contributed by atoms with E-state index in [4.69, 9.17) is 9.47 Å².